The fourth-order valence-corrected chi connectivity index (χ4v) is 9.99. The second-order valence-electron chi connectivity index (χ2n) is 17.2. The van der Waals surface area contributed by atoms with E-state index in [2.05, 4.69) is 240 Å². The van der Waals surface area contributed by atoms with Gasteiger partial charge in [-0.05, 0) is 69.3 Å². The van der Waals surface area contributed by atoms with Crippen LogP contribution in [0.3, 0.4) is 0 Å². The van der Waals surface area contributed by atoms with Crippen molar-refractivity contribution in [1.82, 2.24) is 24.1 Å². The minimum Gasteiger partial charge on any atom is -0.308 e. The predicted octanol–water partition coefficient (Wildman–Crippen LogP) is 16.1. The van der Waals surface area contributed by atoms with E-state index in [1.807, 2.05) is 18.2 Å². The number of benzene rings is 10. The van der Waals surface area contributed by atoms with Crippen molar-refractivity contribution >= 4 is 43.6 Å². The highest BCUT2D eigenvalue weighted by Crippen LogP contribution is 2.44. The first-order valence-electron chi connectivity index (χ1n) is 23.0. The molecule has 0 N–H and O–H groups in total. The van der Waals surface area contributed by atoms with E-state index in [0.29, 0.717) is 17.6 Å². The molecule has 68 heavy (non-hydrogen) atoms. The molecule has 0 amide bonds. The average molecular weight is 868 g/mol. The molecule has 10 aromatic carbocycles. The molecule has 0 aliphatic rings. The first-order valence-corrected chi connectivity index (χ1v) is 23.0. The average Bonchev–Trinajstić information content (AvgIpc) is 3.95. The zero-order valence-corrected chi connectivity index (χ0v) is 36.9. The summed E-state index contributed by atoms with van der Waals surface area (Å²) >= 11 is 0. The van der Waals surface area contributed by atoms with E-state index in [4.69, 9.17) is 15.0 Å². The van der Waals surface area contributed by atoms with Crippen LogP contribution in [-0.4, -0.2) is 24.1 Å². The van der Waals surface area contributed by atoms with E-state index in [1.165, 1.54) is 27.5 Å². The van der Waals surface area contributed by atoms with Gasteiger partial charge in [-0.3, -0.25) is 4.57 Å². The molecule has 13 aromatic rings. The van der Waals surface area contributed by atoms with Crippen molar-refractivity contribution in [2.75, 3.05) is 0 Å². The molecule has 5 heteroatoms. The Morgan fingerprint density at radius 3 is 1.35 bits per heavy atom. The van der Waals surface area contributed by atoms with Crippen molar-refractivity contribution in [3.8, 4) is 78.9 Å². The first kappa shape index (κ1) is 39.2. The largest absolute Gasteiger partial charge is 0.308 e. The number of rotatable bonds is 8. The molecule has 0 spiro atoms. The fourth-order valence-electron chi connectivity index (χ4n) is 9.99. The van der Waals surface area contributed by atoms with Gasteiger partial charge in [0.05, 0.1) is 27.8 Å². The zero-order valence-electron chi connectivity index (χ0n) is 36.9. The summed E-state index contributed by atoms with van der Waals surface area (Å²) in [6.07, 6.45) is 0. The van der Waals surface area contributed by atoms with Crippen LogP contribution in [0.2, 0.25) is 0 Å². The van der Waals surface area contributed by atoms with Crippen LogP contribution in [0.15, 0.2) is 249 Å². The molecule has 0 aliphatic carbocycles. The quantitative estimate of drug-likeness (QED) is 0.153. The van der Waals surface area contributed by atoms with Gasteiger partial charge in [-0.1, -0.05) is 218 Å². The SMILES string of the molecule is c1ccc(-c2cccc(-c3ccc(-c4nc(-c5ccccc5)nc(-n5c6ccccc6c6c5ccc5c7ccccc7n(-c7cc(-c8ccccc8)ccc7-c7ccccc7)c56)n4)cc3)c2)cc1. The van der Waals surface area contributed by atoms with Crippen molar-refractivity contribution in [2.24, 2.45) is 0 Å². The van der Waals surface area contributed by atoms with Crippen molar-refractivity contribution < 1.29 is 0 Å². The van der Waals surface area contributed by atoms with E-state index < -0.39 is 0 Å². The van der Waals surface area contributed by atoms with Crippen LogP contribution in [0, 0.1) is 0 Å². The van der Waals surface area contributed by atoms with Gasteiger partial charge in [0.2, 0.25) is 5.95 Å². The predicted molar refractivity (Wildman–Crippen MR) is 281 cm³/mol. The molecule has 3 heterocycles. The lowest BCUT2D eigenvalue weighted by Crippen LogP contribution is -2.06. The maximum absolute atomic E-state index is 5.36. The van der Waals surface area contributed by atoms with Gasteiger partial charge in [-0.15, -0.1) is 0 Å². The third-order valence-corrected chi connectivity index (χ3v) is 13.2. The summed E-state index contributed by atoms with van der Waals surface area (Å²) in [5.41, 5.74) is 16.5. The molecule has 0 fully saturated rings. The molecule has 5 nitrogen and oxygen atoms in total. The standard InChI is InChI=1S/C63H41N5/c1-5-18-42(19-6-1)48-26-17-27-49(40-48)44-32-34-47(35-33-44)62-64-61(46-24-11-4-12-25-46)65-63(66-62)68-56-31-16-14-29-54(56)59-57(68)39-38-53-52-28-13-15-30-55(52)67(60(53)59)58-41-50(43-20-7-2-8-21-43)36-37-51(58)45-22-9-3-10-23-45/h1-41H. The third-order valence-electron chi connectivity index (χ3n) is 13.2. The summed E-state index contributed by atoms with van der Waals surface area (Å²) in [6.45, 7) is 0. The number of nitrogens with zero attached hydrogens (tertiary/aromatic N) is 5. The summed E-state index contributed by atoms with van der Waals surface area (Å²) in [5.74, 6) is 1.76. The minimum absolute atomic E-state index is 0.553. The Morgan fingerprint density at radius 2 is 0.721 bits per heavy atom. The van der Waals surface area contributed by atoms with Gasteiger partial charge in [0, 0.05) is 38.2 Å². The molecule has 0 saturated carbocycles. The molecule has 0 saturated heterocycles. The summed E-state index contributed by atoms with van der Waals surface area (Å²) in [4.78, 5) is 15.8. The van der Waals surface area contributed by atoms with Crippen molar-refractivity contribution in [3.63, 3.8) is 0 Å². The molecule has 0 atom stereocenters. The fraction of sp³-hybridized carbons (Fsp3) is 0. The zero-order chi connectivity index (χ0) is 45.0. The first-order chi connectivity index (χ1) is 33.7. The topological polar surface area (TPSA) is 48.5 Å². The van der Waals surface area contributed by atoms with Gasteiger partial charge >= 0.3 is 0 Å². The van der Waals surface area contributed by atoms with Gasteiger partial charge in [-0.25, -0.2) is 4.98 Å². The van der Waals surface area contributed by atoms with Crippen LogP contribution in [-0.2, 0) is 0 Å². The second-order valence-corrected chi connectivity index (χ2v) is 17.2. The molecule has 0 unspecified atom stereocenters. The highest BCUT2D eigenvalue weighted by molar-refractivity contribution is 6.26. The Bertz CT molecular complexity index is 3990. The maximum atomic E-state index is 5.36. The van der Waals surface area contributed by atoms with Crippen LogP contribution in [0.1, 0.15) is 0 Å². The van der Waals surface area contributed by atoms with E-state index >= 15 is 0 Å². The molecular weight excluding hydrogens is 827 g/mol. The van der Waals surface area contributed by atoms with Crippen LogP contribution in [0.25, 0.3) is 123 Å². The van der Waals surface area contributed by atoms with Crippen LogP contribution >= 0.6 is 0 Å². The van der Waals surface area contributed by atoms with Crippen LogP contribution in [0.5, 0.6) is 0 Å². The van der Waals surface area contributed by atoms with Gasteiger partial charge in [0.1, 0.15) is 0 Å². The van der Waals surface area contributed by atoms with Crippen LogP contribution < -0.4 is 0 Å². The number of fused-ring (bicyclic) bond motifs is 7. The van der Waals surface area contributed by atoms with Crippen LogP contribution in [0.4, 0.5) is 0 Å². The lowest BCUT2D eigenvalue weighted by Gasteiger charge is -2.17. The molecule has 318 valence electrons. The Labute approximate surface area is 393 Å². The Hall–Kier alpha value is -9.19. The summed E-state index contributed by atoms with van der Waals surface area (Å²) < 4.78 is 4.72. The second kappa shape index (κ2) is 16.4. The number of hydrogen-bond acceptors (Lipinski definition) is 3. The molecule has 0 aliphatic heterocycles. The summed E-state index contributed by atoms with van der Waals surface area (Å²) in [5, 5.41) is 4.61. The Kier molecular flexibility index (Phi) is 9.43. The Morgan fingerprint density at radius 1 is 0.265 bits per heavy atom. The van der Waals surface area contributed by atoms with Gasteiger partial charge in [0.25, 0.3) is 0 Å². The van der Waals surface area contributed by atoms with Gasteiger partial charge in [-0.2, -0.15) is 9.97 Å². The van der Waals surface area contributed by atoms with E-state index in [9.17, 15) is 0 Å². The summed E-state index contributed by atoms with van der Waals surface area (Å²) in [6, 6.07) is 88.2. The molecule has 0 bridgehead atoms. The number of aromatic nitrogens is 5. The minimum atomic E-state index is 0.553. The van der Waals surface area contributed by atoms with Crippen molar-refractivity contribution in [3.05, 3.63) is 249 Å². The molecule has 3 aromatic heterocycles. The maximum Gasteiger partial charge on any atom is 0.238 e. The number of hydrogen-bond donors (Lipinski definition) is 0. The van der Waals surface area contributed by atoms with Crippen molar-refractivity contribution in [2.45, 2.75) is 0 Å². The van der Waals surface area contributed by atoms with E-state index in [0.717, 1.165) is 77.5 Å². The number of para-hydroxylation sites is 2. The smallest absolute Gasteiger partial charge is 0.238 e. The molecule has 0 radical (unpaired) electrons. The van der Waals surface area contributed by atoms with E-state index in [1.54, 1.807) is 0 Å². The molecule has 13 rings (SSSR count). The van der Waals surface area contributed by atoms with E-state index in [-0.39, 0.29) is 0 Å². The Balaban J connectivity index is 1.04. The normalized spacial score (nSPS) is 11.5. The lowest BCUT2D eigenvalue weighted by atomic mass is 9.97. The van der Waals surface area contributed by atoms with Crippen molar-refractivity contribution in [1.29, 1.82) is 0 Å². The summed E-state index contributed by atoms with van der Waals surface area (Å²) in [7, 11) is 0. The third kappa shape index (κ3) is 6.68. The van der Waals surface area contributed by atoms with Gasteiger partial charge < -0.3 is 4.57 Å². The lowest BCUT2D eigenvalue weighted by molar-refractivity contribution is 0.953. The highest BCUT2D eigenvalue weighted by Gasteiger charge is 2.24. The monoisotopic (exact) mass is 867 g/mol. The highest BCUT2D eigenvalue weighted by atomic mass is 15.2. The van der Waals surface area contributed by atoms with Gasteiger partial charge in [0.15, 0.2) is 11.6 Å². The molecular formula is C63H41N5.